The number of ether oxygens (including phenoxy) is 1. The number of nitrogens with one attached hydrogen (secondary N) is 2. The smallest absolute Gasteiger partial charge is 0.407 e. The molecule has 0 aromatic heterocycles. The molecule has 1 heterocycles. The van der Waals surface area contributed by atoms with Crippen LogP contribution in [0.2, 0.25) is 0 Å². The summed E-state index contributed by atoms with van der Waals surface area (Å²) in [6.45, 7) is 6.80. The van der Waals surface area contributed by atoms with Crippen LogP contribution in [0.4, 0.5) is 4.79 Å². The molecule has 25 heavy (non-hydrogen) atoms. The van der Waals surface area contributed by atoms with E-state index in [9.17, 15) is 13.2 Å². The first-order valence-corrected chi connectivity index (χ1v) is 11.1. The quantitative estimate of drug-likeness (QED) is 0.783. The van der Waals surface area contributed by atoms with E-state index < -0.39 is 15.6 Å². The Balaban J connectivity index is 1.67. The van der Waals surface area contributed by atoms with Crippen molar-refractivity contribution in [2.75, 3.05) is 19.3 Å². The highest BCUT2D eigenvalue weighted by Gasteiger charge is 2.29. The van der Waals surface area contributed by atoms with Crippen LogP contribution < -0.4 is 10.6 Å². The summed E-state index contributed by atoms with van der Waals surface area (Å²) >= 11 is 0. The molecule has 0 bridgehead atoms. The minimum absolute atomic E-state index is 0.181. The number of carbonyl (C=O) groups is 1. The van der Waals surface area contributed by atoms with Gasteiger partial charge >= 0.3 is 6.09 Å². The van der Waals surface area contributed by atoms with Crippen molar-refractivity contribution in [3.63, 3.8) is 0 Å². The van der Waals surface area contributed by atoms with E-state index in [1.807, 2.05) is 20.8 Å². The summed E-state index contributed by atoms with van der Waals surface area (Å²) in [4.78, 5) is 11.8. The van der Waals surface area contributed by atoms with Gasteiger partial charge in [0.15, 0.2) is 0 Å². The lowest BCUT2D eigenvalue weighted by atomic mass is 9.90. The molecule has 0 unspecified atom stereocenters. The summed E-state index contributed by atoms with van der Waals surface area (Å²) in [6.07, 6.45) is 6.60. The average molecular weight is 376 g/mol. The fourth-order valence-corrected chi connectivity index (χ4v) is 4.44. The first kappa shape index (κ1) is 20.5. The minimum Gasteiger partial charge on any atom is -0.444 e. The van der Waals surface area contributed by atoms with Gasteiger partial charge in [0.1, 0.15) is 5.60 Å². The Labute approximate surface area is 151 Å². The second-order valence-corrected chi connectivity index (χ2v) is 10.3. The van der Waals surface area contributed by atoms with Crippen molar-refractivity contribution in [1.29, 1.82) is 0 Å². The van der Waals surface area contributed by atoms with Gasteiger partial charge in [-0.25, -0.2) is 17.5 Å². The normalized spacial score (nSPS) is 27.0. The minimum atomic E-state index is -3.06. The zero-order valence-electron chi connectivity index (χ0n) is 15.9. The molecule has 1 aliphatic carbocycles. The molecule has 1 saturated carbocycles. The van der Waals surface area contributed by atoms with Crippen molar-refractivity contribution >= 4 is 16.1 Å². The average Bonchev–Trinajstić information content (AvgIpc) is 2.47. The molecular weight excluding hydrogens is 342 g/mol. The van der Waals surface area contributed by atoms with Crippen LogP contribution in [0.15, 0.2) is 0 Å². The summed E-state index contributed by atoms with van der Waals surface area (Å²) < 4.78 is 30.0. The van der Waals surface area contributed by atoms with Crippen molar-refractivity contribution < 1.29 is 17.9 Å². The molecule has 7 nitrogen and oxygen atoms in total. The molecule has 1 aliphatic heterocycles. The van der Waals surface area contributed by atoms with E-state index in [4.69, 9.17) is 4.74 Å². The lowest BCUT2D eigenvalue weighted by Gasteiger charge is -2.36. The monoisotopic (exact) mass is 375 g/mol. The highest BCUT2D eigenvalue weighted by Crippen LogP contribution is 2.22. The fraction of sp³-hybridized carbons (Fsp3) is 0.941. The van der Waals surface area contributed by atoms with Gasteiger partial charge in [-0.05, 0) is 59.3 Å². The predicted octanol–water partition coefficient (Wildman–Crippen LogP) is 1.84. The van der Waals surface area contributed by atoms with Crippen LogP contribution in [0, 0.1) is 0 Å². The molecule has 8 heteroatoms. The number of sulfonamides is 1. The summed E-state index contributed by atoms with van der Waals surface area (Å²) in [5.41, 5.74) is -0.469. The number of carbonyl (C=O) groups excluding carboxylic acids is 1. The Morgan fingerprint density at radius 1 is 0.960 bits per heavy atom. The third-order valence-electron chi connectivity index (χ3n) is 4.84. The molecule has 1 saturated heterocycles. The first-order chi connectivity index (χ1) is 11.5. The molecule has 2 rings (SSSR count). The van der Waals surface area contributed by atoms with Crippen LogP contribution in [0.1, 0.15) is 59.3 Å². The van der Waals surface area contributed by atoms with Crippen molar-refractivity contribution in [3.05, 3.63) is 0 Å². The Morgan fingerprint density at radius 3 is 1.92 bits per heavy atom. The number of amides is 1. The number of piperidine rings is 1. The summed E-state index contributed by atoms with van der Waals surface area (Å²) in [6, 6.07) is 1.02. The van der Waals surface area contributed by atoms with E-state index in [0.717, 1.165) is 38.5 Å². The molecule has 2 aliphatic rings. The molecule has 2 N–H and O–H groups in total. The van der Waals surface area contributed by atoms with Crippen LogP contribution in [-0.2, 0) is 14.8 Å². The van der Waals surface area contributed by atoms with Crippen LogP contribution in [0.3, 0.4) is 0 Å². The van der Waals surface area contributed by atoms with Crippen molar-refractivity contribution in [2.24, 2.45) is 0 Å². The Morgan fingerprint density at radius 2 is 1.44 bits per heavy atom. The highest BCUT2D eigenvalue weighted by molar-refractivity contribution is 7.88. The molecule has 2 fully saturated rings. The number of hydrogen-bond acceptors (Lipinski definition) is 5. The van der Waals surface area contributed by atoms with Gasteiger partial charge in [-0.2, -0.15) is 0 Å². The second kappa shape index (κ2) is 8.22. The maximum absolute atomic E-state index is 11.8. The highest BCUT2D eigenvalue weighted by atomic mass is 32.2. The Bertz CT molecular complexity index is 543. The topological polar surface area (TPSA) is 87.7 Å². The number of alkyl carbamates (subject to hydrolysis) is 1. The Hall–Kier alpha value is -0.860. The molecule has 0 aromatic carbocycles. The van der Waals surface area contributed by atoms with Crippen LogP contribution in [0.25, 0.3) is 0 Å². The lowest BCUT2D eigenvalue weighted by molar-refractivity contribution is 0.0488. The molecule has 0 spiro atoms. The number of rotatable bonds is 4. The SMILES string of the molecule is CC(C)(C)OC(=O)NC1CCC(NC2CCN(S(C)(=O)=O)CC2)CC1. The fourth-order valence-electron chi connectivity index (χ4n) is 3.57. The zero-order chi connectivity index (χ0) is 18.7. The van der Waals surface area contributed by atoms with Gasteiger partial charge in [-0.1, -0.05) is 0 Å². The standard InChI is InChI=1S/C17H33N3O4S/c1-17(2,3)24-16(21)19-14-7-5-13(6-8-14)18-15-9-11-20(12-10-15)25(4,22)23/h13-15,18H,5-12H2,1-4H3,(H,19,21). The van der Waals surface area contributed by atoms with E-state index in [1.54, 1.807) is 4.31 Å². The van der Waals surface area contributed by atoms with Crippen molar-refractivity contribution in [2.45, 2.75) is 83.0 Å². The maximum Gasteiger partial charge on any atom is 0.407 e. The lowest BCUT2D eigenvalue weighted by Crippen LogP contribution is -2.49. The van der Waals surface area contributed by atoms with Gasteiger partial charge in [-0.15, -0.1) is 0 Å². The van der Waals surface area contributed by atoms with Gasteiger partial charge in [0.25, 0.3) is 0 Å². The number of nitrogens with zero attached hydrogens (tertiary/aromatic N) is 1. The molecule has 0 atom stereocenters. The van der Waals surface area contributed by atoms with Crippen LogP contribution in [0.5, 0.6) is 0 Å². The van der Waals surface area contributed by atoms with Crippen molar-refractivity contribution in [1.82, 2.24) is 14.9 Å². The first-order valence-electron chi connectivity index (χ1n) is 9.23. The van der Waals surface area contributed by atoms with Gasteiger partial charge in [0.2, 0.25) is 10.0 Å². The van der Waals surface area contributed by atoms with Gasteiger partial charge in [0.05, 0.1) is 6.26 Å². The molecule has 0 aromatic rings. The molecular formula is C17H33N3O4S. The third-order valence-corrected chi connectivity index (χ3v) is 6.15. The summed E-state index contributed by atoms with van der Waals surface area (Å²) in [7, 11) is -3.06. The van der Waals surface area contributed by atoms with Gasteiger partial charge in [-0.3, -0.25) is 0 Å². The maximum atomic E-state index is 11.8. The zero-order valence-corrected chi connectivity index (χ0v) is 16.7. The number of hydrogen-bond donors (Lipinski definition) is 2. The van der Waals surface area contributed by atoms with E-state index >= 15 is 0 Å². The molecule has 146 valence electrons. The summed E-state index contributed by atoms with van der Waals surface area (Å²) in [5, 5.41) is 6.64. The third kappa shape index (κ3) is 7.11. The largest absolute Gasteiger partial charge is 0.444 e. The van der Waals surface area contributed by atoms with Crippen LogP contribution in [-0.4, -0.2) is 61.9 Å². The molecule has 0 radical (unpaired) electrons. The van der Waals surface area contributed by atoms with E-state index in [2.05, 4.69) is 10.6 Å². The van der Waals surface area contributed by atoms with E-state index in [1.165, 1.54) is 6.26 Å². The second-order valence-electron chi connectivity index (χ2n) is 8.30. The Kier molecular flexibility index (Phi) is 6.73. The van der Waals surface area contributed by atoms with E-state index in [-0.39, 0.29) is 12.1 Å². The predicted molar refractivity (Wildman–Crippen MR) is 98.0 cm³/mol. The van der Waals surface area contributed by atoms with E-state index in [0.29, 0.717) is 25.2 Å². The molecule has 1 amide bonds. The van der Waals surface area contributed by atoms with Crippen LogP contribution >= 0.6 is 0 Å². The van der Waals surface area contributed by atoms with Gasteiger partial charge in [0, 0.05) is 31.2 Å². The van der Waals surface area contributed by atoms with Crippen molar-refractivity contribution in [3.8, 4) is 0 Å². The van der Waals surface area contributed by atoms with Gasteiger partial charge < -0.3 is 15.4 Å². The summed E-state index contributed by atoms with van der Waals surface area (Å²) in [5.74, 6) is 0.